The Hall–Kier alpha value is -1.04. The highest BCUT2D eigenvalue weighted by Crippen LogP contribution is 2.18. The zero-order valence-electron chi connectivity index (χ0n) is 10.1. The van der Waals surface area contributed by atoms with Crippen molar-refractivity contribution >= 4 is 17.7 Å². The van der Waals surface area contributed by atoms with Crippen molar-refractivity contribution in [3.63, 3.8) is 0 Å². The maximum atomic E-state index is 11.6. The zero-order chi connectivity index (χ0) is 12.8. The largest absolute Gasteiger partial charge is 0.386 e. The van der Waals surface area contributed by atoms with Crippen LogP contribution < -0.4 is 5.32 Å². The topological polar surface area (TPSA) is 58.6 Å². The number of amides is 1. The molecule has 18 heavy (non-hydrogen) atoms. The van der Waals surface area contributed by atoms with E-state index in [1.807, 2.05) is 30.3 Å². The molecule has 98 valence electrons. The van der Waals surface area contributed by atoms with Gasteiger partial charge < -0.3 is 15.2 Å². The van der Waals surface area contributed by atoms with Crippen LogP contribution in [-0.4, -0.2) is 42.1 Å². The Morgan fingerprint density at radius 3 is 2.89 bits per heavy atom. The van der Waals surface area contributed by atoms with Gasteiger partial charge in [-0.05, 0) is 12.1 Å². The Bertz CT molecular complexity index is 390. The van der Waals surface area contributed by atoms with Crippen LogP contribution in [0.5, 0.6) is 0 Å². The van der Waals surface area contributed by atoms with E-state index in [2.05, 4.69) is 5.32 Å². The first-order chi connectivity index (χ1) is 8.68. The Labute approximate surface area is 111 Å². The number of benzene rings is 1. The van der Waals surface area contributed by atoms with Crippen molar-refractivity contribution in [2.75, 3.05) is 25.5 Å². The van der Waals surface area contributed by atoms with Gasteiger partial charge in [-0.1, -0.05) is 18.2 Å². The molecule has 5 heteroatoms. The number of ether oxygens (including phenoxy) is 1. The highest BCUT2D eigenvalue weighted by atomic mass is 32.2. The first kappa shape index (κ1) is 13.4. The molecule has 1 atom stereocenters. The number of carbonyl (C=O) groups is 1. The van der Waals surface area contributed by atoms with Crippen LogP contribution in [-0.2, 0) is 9.53 Å². The minimum absolute atomic E-state index is 0.0656. The van der Waals surface area contributed by atoms with Gasteiger partial charge in [0.05, 0.1) is 12.4 Å². The first-order valence-electron chi connectivity index (χ1n) is 5.93. The van der Waals surface area contributed by atoms with Crippen molar-refractivity contribution in [2.45, 2.75) is 16.9 Å². The maximum Gasteiger partial charge on any atom is 0.230 e. The summed E-state index contributed by atoms with van der Waals surface area (Å²) in [5.74, 6) is 0.296. The molecule has 4 nitrogen and oxygen atoms in total. The molecule has 1 saturated heterocycles. The van der Waals surface area contributed by atoms with Gasteiger partial charge in [0.2, 0.25) is 5.91 Å². The van der Waals surface area contributed by atoms with Gasteiger partial charge in [-0.3, -0.25) is 4.79 Å². The molecule has 2 rings (SSSR count). The summed E-state index contributed by atoms with van der Waals surface area (Å²) in [4.78, 5) is 12.7. The molecule has 1 aliphatic heterocycles. The van der Waals surface area contributed by atoms with Crippen LogP contribution in [0.4, 0.5) is 0 Å². The number of aliphatic hydroxyl groups is 1. The number of hydrogen-bond acceptors (Lipinski definition) is 4. The number of thioether (sulfide) groups is 1. The second kappa shape index (κ2) is 6.22. The van der Waals surface area contributed by atoms with Gasteiger partial charge in [-0.25, -0.2) is 0 Å². The lowest BCUT2D eigenvalue weighted by Gasteiger charge is -2.20. The molecule has 0 bridgehead atoms. The van der Waals surface area contributed by atoms with Crippen molar-refractivity contribution in [3.8, 4) is 0 Å². The van der Waals surface area contributed by atoms with Crippen molar-refractivity contribution in [1.82, 2.24) is 5.32 Å². The molecule has 0 saturated carbocycles. The Morgan fingerprint density at radius 1 is 1.44 bits per heavy atom. The van der Waals surface area contributed by atoms with Gasteiger partial charge in [0, 0.05) is 24.5 Å². The number of rotatable bonds is 5. The molecule has 1 aromatic carbocycles. The third kappa shape index (κ3) is 4.01. The second-order valence-electron chi connectivity index (χ2n) is 4.41. The summed E-state index contributed by atoms with van der Waals surface area (Å²) in [5.41, 5.74) is -0.882. The molecular formula is C13H17NO3S. The average Bonchev–Trinajstić information content (AvgIpc) is 2.83. The van der Waals surface area contributed by atoms with Gasteiger partial charge in [0.15, 0.2) is 0 Å². The smallest absolute Gasteiger partial charge is 0.230 e. The van der Waals surface area contributed by atoms with Crippen LogP contribution in [0.25, 0.3) is 0 Å². The van der Waals surface area contributed by atoms with Gasteiger partial charge in [0.1, 0.15) is 5.60 Å². The summed E-state index contributed by atoms with van der Waals surface area (Å²) in [6, 6.07) is 9.77. The van der Waals surface area contributed by atoms with Crippen LogP contribution >= 0.6 is 11.8 Å². The Kier molecular flexibility index (Phi) is 4.63. The van der Waals surface area contributed by atoms with Crippen LogP contribution in [0.15, 0.2) is 35.2 Å². The summed E-state index contributed by atoms with van der Waals surface area (Å²) < 4.78 is 5.12. The SMILES string of the molecule is O=C(CSc1ccccc1)NCC1(O)CCOC1. The highest BCUT2D eigenvalue weighted by molar-refractivity contribution is 8.00. The molecule has 1 aliphatic rings. The van der Waals surface area contributed by atoms with E-state index >= 15 is 0 Å². The van der Waals surface area contributed by atoms with Crippen LogP contribution in [0, 0.1) is 0 Å². The van der Waals surface area contributed by atoms with E-state index in [0.29, 0.717) is 25.4 Å². The predicted octanol–water partition coefficient (Wildman–Crippen LogP) is 1.05. The highest BCUT2D eigenvalue weighted by Gasteiger charge is 2.32. The lowest BCUT2D eigenvalue weighted by atomic mass is 10.0. The van der Waals surface area contributed by atoms with Crippen LogP contribution in [0.2, 0.25) is 0 Å². The molecule has 0 radical (unpaired) electrons. The molecule has 0 aromatic heterocycles. The van der Waals surface area contributed by atoms with E-state index in [1.165, 1.54) is 11.8 Å². The number of hydrogen-bond donors (Lipinski definition) is 2. The molecule has 2 N–H and O–H groups in total. The molecule has 1 fully saturated rings. The van der Waals surface area contributed by atoms with E-state index in [4.69, 9.17) is 4.74 Å². The fraction of sp³-hybridized carbons (Fsp3) is 0.462. The summed E-state index contributed by atoms with van der Waals surface area (Å²) in [5, 5.41) is 12.7. The molecule has 0 aliphatic carbocycles. The number of nitrogens with one attached hydrogen (secondary N) is 1. The minimum atomic E-state index is -0.882. The third-order valence-corrected chi connectivity index (χ3v) is 3.82. The van der Waals surface area contributed by atoms with Crippen LogP contribution in [0.1, 0.15) is 6.42 Å². The second-order valence-corrected chi connectivity index (χ2v) is 5.45. The lowest BCUT2D eigenvalue weighted by molar-refractivity contribution is -0.119. The molecule has 1 aromatic rings. The van der Waals surface area contributed by atoms with E-state index in [9.17, 15) is 9.90 Å². The summed E-state index contributed by atoms with van der Waals surface area (Å²) in [7, 11) is 0. The quantitative estimate of drug-likeness (QED) is 0.783. The normalized spacial score (nSPS) is 22.9. The minimum Gasteiger partial charge on any atom is -0.386 e. The van der Waals surface area contributed by atoms with E-state index < -0.39 is 5.60 Å². The fourth-order valence-corrected chi connectivity index (χ4v) is 2.47. The van der Waals surface area contributed by atoms with Gasteiger partial charge in [0.25, 0.3) is 0 Å². The average molecular weight is 267 g/mol. The molecule has 1 heterocycles. The zero-order valence-corrected chi connectivity index (χ0v) is 10.9. The van der Waals surface area contributed by atoms with Crippen molar-refractivity contribution in [3.05, 3.63) is 30.3 Å². The van der Waals surface area contributed by atoms with E-state index in [0.717, 1.165) is 4.90 Å². The van der Waals surface area contributed by atoms with Gasteiger partial charge >= 0.3 is 0 Å². The summed E-state index contributed by atoms with van der Waals surface area (Å²) in [6.07, 6.45) is 0.582. The maximum absolute atomic E-state index is 11.6. The van der Waals surface area contributed by atoms with E-state index in [1.54, 1.807) is 0 Å². The fourth-order valence-electron chi connectivity index (χ4n) is 1.72. The summed E-state index contributed by atoms with van der Waals surface area (Å²) in [6.45, 7) is 1.13. The van der Waals surface area contributed by atoms with Gasteiger partial charge in [-0.2, -0.15) is 0 Å². The third-order valence-electron chi connectivity index (χ3n) is 2.81. The molecule has 1 amide bonds. The summed E-state index contributed by atoms with van der Waals surface area (Å²) >= 11 is 1.49. The monoisotopic (exact) mass is 267 g/mol. The van der Waals surface area contributed by atoms with E-state index in [-0.39, 0.29) is 12.5 Å². The van der Waals surface area contributed by atoms with Gasteiger partial charge in [-0.15, -0.1) is 11.8 Å². The Balaban J connectivity index is 1.69. The molecule has 1 unspecified atom stereocenters. The predicted molar refractivity (Wildman–Crippen MR) is 70.6 cm³/mol. The standard InChI is InChI=1S/C13H17NO3S/c15-12(8-18-11-4-2-1-3-5-11)14-9-13(16)6-7-17-10-13/h1-5,16H,6-10H2,(H,14,15). The first-order valence-corrected chi connectivity index (χ1v) is 6.91. The van der Waals surface area contributed by atoms with Crippen molar-refractivity contribution < 1.29 is 14.6 Å². The number of carbonyl (C=O) groups excluding carboxylic acids is 1. The van der Waals surface area contributed by atoms with Crippen molar-refractivity contribution in [2.24, 2.45) is 0 Å². The van der Waals surface area contributed by atoms with Crippen LogP contribution in [0.3, 0.4) is 0 Å². The molecular weight excluding hydrogens is 250 g/mol. The molecule has 0 spiro atoms. The van der Waals surface area contributed by atoms with Crippen molar-refractivity contribution in [1.29, 1.82) is 0 Å². The Morgan fingerprint density at radius 2 is 2.22 bits per heavy atom. The lowest BCUT2D eigenvalue weighted by Crippen LogP contribution is -2.43.